The largest absolute Gasteiger partial charge is 0.468 e. The van der Waals surface area contributed by atoms with Gasteiger partial charge in [-0.2, -0.15) is 0 Å². The van der Waals surface area contributed by atoms with Crippen molar-refractivity contribution in [2.24, 2.45) is 0 Å². The maximum absolute atomic E-state index is 11.6. The van der Waals surface area contributed by atoms with Crippen molar-refractivity contribution in [3.8, 4) is 0 Å². The molecule has 2 heterocycles. The van der Waals surface area contributed by atoms with E-state index in [0.29, 0.717) is 13.0 Å². The average Bonchev–Trinajstić information content (AvgIpc) is 2.94. The summed E-state index contributed by atoms with van der Waals surface area (Å²) in [7, 11) is 0. The summed E-state index contributed by atoms with van der Waals surface area (Å²) < 4.78 is 5.55. The lowest BCUT2D eigenvalue weighted by atomic mass is 10.1. The molecule has 0 aliphatic carbocycles. The standard InChI is InChI=1S/C15H24N2O2/c1-2-7-15(18)16-12-13(14-8-6-11-19-14)17-9-4-3-5-10-17/h6,8,11,13H,2-5,7,9-10,12H2,1H3,(H,16,18). The summed E-state index contributed by atoms with van der Waals surface area (Å²) in [5, 5.41) is 3.03. The summed E-state index contributed by atoms with van der Waals surface area (Å²) in [4.78, 5) is 14.1. The van der Waals surface area contributed by atoms with Crippen LogP contribution in [-0.2, 0) is 4.79 Å². The van der Waals surface area contributed by atoms with E-state index >= 15 is 0 Å². The van der Waals surface area contributed by atoms with Gasteiger partial charge < -0.3 is 9.73 Å². The molecule has 4 nitrogen and oxygen atoms in total. The Morgan fingerprint density at radius 1 is 1.42 bits per heavy atom. The summed E-state index contributed by atoms with van der Waals surface area (Å²) in [6, 6.07) is 4.10. The summed E-state index contributed by atoms with van der Waals surface area (Å²) in [5.41, 5.74) is 0. The highest BCUT2D eigenvalue weighted by atomic mass is 16.3. The second kappa shape index (κ2) is 7.34. The van der Waals surface area contributed by atoms with Gasteiger partial charge in [-0.25, -0.2) is 0 Å². The Balaban J connectivity index is 1.96. The molecule has 1 atom stereocenters. The van der Waals surface area contributed by atoms with E-state index in [1.807, 2.05) is 19.1 Å². The minimum absolute atomic E-state index is 0.135. The van der Waals surface area contributed by atoms with E-state index in [2.05, 4.69) is 10.2 Å². The van der Waals surface area contributed by atoms with E-state index < -0.39 is 0 Å². The molecule has 1 aliphatic rings. The molecule has 19 heavy (non-hydrogen) atoms. The summed E-state index contributed by atoms with van der Waals surface area (Å²) >= 11 is 0. The minimum atomic E-state index is 0.135. The van der Waals surface area contributed by atoms with Crippen LogP contribution in [0.25, 0.3) is 0 Å². The van der Waals surface area contributed by atoms with Gasteiger partial charge >= 0.3 is 0 Å². The molecule has 106 valence electrons. The van der Waals surface area contributed by atoms with Crippen molar-refractivity contribution < 1.29 is 9.21 Å². The number of nitrogens with zero attached hydrogens (tertiary/aromatic N) is 1. The van der Waals surface area contributed by atoms with Gasteiger partial charge in [-0.05, 0) is 44.5 Å². The lowest BCUT2D eigenvalue weighted by Crippen LogP contribution is -2.40. The van der Waals surface area contributed by atoms with Crippen LogP contribution in [0.2, 0.25) is 0 Å². The molecule has 2 rings (SSSR count). The van der Waals surface area contributed by atoms with E-state index in [-0.39, 0.29) is 11.9 Å². The molecule has 0 saturated carbocycles. The molecule has 4 heteroatoms. The van der Waals surface area contributed by atoms with Gasteiger partial charge in [0, 0.05) is 13.0 Å². The maximum Gasteiger partial charge on any atom is 0.220 e. The molecule has 1 saturated heterocycles. The van der Waals surface area contributed by atoms with E-state index in [1.165, 1.54) is 19.3 Å². The van der Waals surface area contributed by atoms with Gasteiger partial charge in [0.05, 0.1) is 12.3 Å². The first-order valence-electron chi connectivity index (χ1n) is 7.35. The van der Waals surface area contributed by atoms with Crippen LogP contribution in [0, 0.1) is 0 Å². The SMILES string of the molecule is CCCC(=O)NCC(c1ccco1)N1CCCCC1. The van der Waals surface area contributed by atoms with E-state index in [9.17, 15) is 4.79 Å². The highest BCUT2D eigenvalue weighted by molar-refractivity contribution is 5.75. The normalized spacial score (nSPS) is 18.2. The number of hydrogen-bond donors (Lipinski definition) is 1. The van der Waals surface area contributed by atoms with Crippen LogP contribution in [-0.4, -0.2) is 30.4 Å². The second-order valence-electron chi connectivity index (χ2n) is 5.18. The number of furan rings is 1. The van der Waals surface area contributed by atoms with Crippen molar-refractivity contribution in [2.75, 3.05) is 19.6 Å². The molecular weight excluding hydrogens is 240 g/mol. The Kier molecular flexibility index (Phi) is 5.45. The highest BCUT2D eigenvalue weighted by Crippen LogP contribution is 2.24. The Labute approximate surface area is 115 Å². The fourth-order valence-corrected chi connectivity index (χ4v) is 2.65. The average molecular weight is 264 g/mol. The molecule has 1 amide bonds. The fraction of sp³-hybridized carbons (Fsp3) is 0.667. The van der Waals surface area contributed by atoms with Gasteiger partial charge in [0.15, 0.2) is 0 Å². The minimum Gasteiger partial charge on any atom is -0.468 e. The van der Waals surface area contributed by atoms with Crippen molar-refractivity contribution in [1.29, 1.82) is 0 Å². The number of hydrogen-bond acceptors (Lipinski definition) is 3. The zero-order valence-corrected chi connectivity index (χ0v) is 11.7. The van der Waals surface area contributed by atoms with Crippen LogP contribution in [0.1, 0.15) is 50.8 Å². The van der Waals surface area contributed by atoms with Crippen LogP contribution in [0.15, 0.2) is 22.8 Å². The van der Waals surface area contributed by atoms with E-state index in [0.717, 1.165) is 25.3 Å². The predicted molar refractivity (Wildman–Crippen MR) is 74.8 cm³/mol. The van der Waals surface area contributed by atoms with Crippen LogP contribution in [0.4, 0.5) is 0 Å². The quantitative estimate of drug-likeness (QED) is 0.859. The number of rotatable bonds is 6. The maximum atomic E-state index is 11.6. The Hall–Kier alpha value is -1.29. The van der Waals surface area contributed by atoms with Crippen molar-refractivity contribution in [2.45, 2.75) is 45.1 Å². The predicted octanol–water partition coefficient (Wildman–Crippen LogP) is 2.72. The third kappa shape index (κ3) is 4.10. The van der Waals surface area contributed by atoms with E-state index in [4.69, 9.17) is 4.42 Å². The van der Waals surface area contributed by atoms with Crippen molar-refractivity contribution in [3.63, 3.8) is 0 Å². The number of carbonyl (C=O) groups excluding carboxylic acids is 1. The second-order valence-corrected chi connectivity index (χ2v) is 5.18. The van der Waals surface area contributed by atoms with Gasteiger partial charge in [0.1, 0.15) is 5.76 Å². The first-order valence-corrected chi connectivity index (χ1v) is 7.35. The van der Waals surface area contributed by atoms with Gasteiger partial charge in [-0.3, -0.25) is 9.69 Å². The van der Waals surface area contributed by atoms with Gasteiger partial charge in [-0.15, -0.1) is 0 Å². The van der Waals surface area contributed by atoms with Crippen LogP contribution < -0.4 is 5.32 Å². The number of piperidine rings is 1. The van der Waals surface area contributed by atoms with E-state index in [1.54, 1.807) is 6.26 Å². The molecular formula is C15H24N2O2. The number of amides is 1. The lowest BCUT2D eigenvalue weighted by Gasteiger charge is -2.33. The highest BCUT2D eigenvalue weighted by Gasteiger charge is 2.24. The Bertz CT molecular complexity index is 370. The summed E-state index contributed by atoms with van der Waals surface area (Å²) in [6.45, 7) is 4.85. The topological polar surface area (TPSA) is 45.5 Å². The molecule has 1 aromatic heterocycles. The van der Waals surface area contributed by atoms with Crippen LogP contribution >= 0.6 is 0 Å². The monoisotopic (exact) mass is 264 g/mol. The molecule has 1 unspecified atom stereocenters. The summed E-state index contributed by atoms with van der Waals surface area (Å²) in [6.07, 6.45) is 6.98. The molecule has 1 aliphatic heterocycles. The van der Waals surface area contributed by atoms with Crippen LogP contribution in [0.5, 0.6) is 0 Å². The molecule has 0 aromatic carbocycles. The third-order valence-corrected chi connectivity index (χ3v) is 3.67. The summed E-state index contributed by atoms with van der Waals surface area (Å²) in [5.74, 6) is 1.09. The van der Waals surface area contributed by atoms with Crippen molar-refractivity contribution >= 4 is 5.91 Å². The number of nitrogens with one attached hydrogen (secondary N) is 1. The third-order valence-electron chi connectivity index (χ3n) is 3.67. The first-order chi connectivity index (χ1) is 9.31. The smallest absolute Gasteiger partial charge is 0.220 e. The molecule has 1 fully saturated rings. The van der Waals surface area contributed by atoms with Crippen molar-refractivity contribution in [1.82, 2.24) is 10.2 Å². The zero-order valence-electron chi connectivity index (χ0n) is 11.7. The number of carbonyl (C=O) groups is 1. The van der Waals surface area contributed by atoms with Crippen LogP contribution in [0.3, 0.4) is 0 Å². The van der Waals surface area contributed by atoms with Gasteiger partial charge in [0.25, 0.3) is 0 Å². The molecule has 0 spiro atoms. The molecule has 1 aromatic rings. The molecule has 0 bridgehead atoms. The fourth-order valence-electron chi connectivity index (χ4n) is 2.65. The lowest BCUT2D eigenvalue weighted by molar-refractivity contribution is -0.121. The molecule has 1 N–H and O–H groups in total. The number of likely N-dealkylation sites (tertiary alicyclic amines) is 1. The first kappa shape index (κ1) is 14.1. The van der Waals surface area contributed by atoms with Gasteiger partial charge in [-0.1, -0.05) is 13.3 Å². The van der Waals surface area contributed by atoms with Crippen molar-refractivity contribution in [3.05, 3.63) is 24.2 Å². The Morgan fingerprint density at radius 3 is 2.84 bits per heavy atom. The Morgan fingerprint density at radius 2 is 2.21 bits per heavy atom. The zero-order chi connectivity index (χ0) is 13.5. The molecule has 0 radical (unpaired) electrons. The van der Waals surface area contributed by atoms with Gasteiger partial charge in [0.2, 0.25) is 5.91 Å².